The van der Waals surface area contributed by atoms with Gasteiger partial charge in [0.1, 0.15) is 4.90 Å². The maximum Gasteiger partial charge on any atom is 0.291 e. The number of imidazole rings is 1. The standard InChI is InChI=1S/C22H29F2N7O5S2/c1-22(11-36-12-22)29-38(32,33)15-4-16(30-6-13(9-34-2)26-14(7-30)10-35-3)17-5-25-19(31(17)8-15)21-28-27-20(37-21)18(23)24/h4-5,8,13-14,18,26,29H,6-7,9-12H2,1-3H3/t13-,14-/m1/s1. The van der Waals surface area contributed by atoms with Gasteiger partial charge < -0.3 is 24.4 Å². The van der Waals surface area contributed by atoms with Crippen LogP contribution in [0.1, 0.15) is 18.4 Å². The van der Waals surface area contributed by atoms with Gasteiger partial charge in [-0.1, -0.05) is 11.3 Å². The summed E-state index contributed by atoms with van der Waals surface area (Å²) in [4.78, 5) is 6.48. The average molecular weight is 574 g/mol. The lowest BCUT2D eigenvalue weighted by Crippen LogP contribution is -2.60. The van der Waals surface area contributed by atoms with Gasteiger partial charge in [-0.15, -0.1) is 10.2 Å². The van der Waals surface area contributed by atoms with E-state index < -0.39 is 27.0 Å². The van der Waals surface area contributed by atoms with Crippen LogP contribution in [0.25, 0.3) is 16.3 Å². The number of alkyl halides is 2. The van der Waals surface area contributed by atoms with Crippen molar-refractivity contribution in [3.05, 3.63) is 23.5 Å². The molecule has 0 bridgehead atoms. The van der Waals surface area contributed by atoms with Crippen molar-refractivity contribution in [2.45, 2.75) is 35.9 Å². The van der Waals surface area contributed by atoms with Gasteiger partial charge in [0.05, 0.1) is 49.4 Å². The third kappa shape index (κ3) is 5.38. The van der Waals surface area contributed by atoms with Gasteiger partial charge in [-0.3, -0.25) is 4.40 Å². The molecule has 0 radical (unpaired) electrons. The van der Waals surface area contributed by atoms with Crippen LogP contribution < -0.4 is 14.9 Å². The van der Waals surface area contributed by atoms with Crippen molar-refractivity contribution >= 4 is 32.6 Å². The summed E-state index contributed by atoms with van der Waals surface area (Å²) in [5.41, 5.74) is 0.489. The van der Waals surface area contributed by atoms with Gasteiger partial charge in [-0.25, -0.2) is 26.9 Å². The summed E-state index contributed by atoms with van der Waals surface area (Å²) in [5.74, 6) is 0.220. The van der Waals surface area contributed by atoms with E-state index in [0.717, 1.165) is 0 Å². The van der Waals surface area contributed by atoms with Crippen molar-refractivity contribution in [2.24, 2.45) is 0 Å². The molecular weight excluding hydrogens is 544 g/mol. The minimum Gasteiger partial charge on any atom is -0.383 e. The molecule has 2 atom stereocenters. The van der Waals surface area contributed by atoms with Gasteiger partial charge in [-0.05, 0) is 13.0 Å². The summed E-state index contributed by atoms with van der Waals surface area (Å²) in [6.07, 6.45) is 0.236. The highest BCUT2D eigenvalue weighted by Gasteiger charge is 2.38. The van der Waals surface area contributed by atoms with Crippen molar-refractivity contribution in [1.82, 2.24) is 29.6 Å². The van der Waals surface area contributed by atoms with Crippen LogP contribution in [0.5, 0.6) is 0 Å². The molecule has 2 N–H and O–H groups in total. The predicted octanol–water partition coefficient (Wildman–Crippen LogP) is 1.30. The van der Waals surface area contributed by atoms with Crippen LogP contribution >= 0.6 is 11.3 Å². The molecule has 0 aromatic carbocycles. The summed E-state index contributed by atoms with van der Waals surface area (Å²) in [7, 11) is -0.751. The van der Waals surface area contributed by atoms with E-state index in [2.05, 4.69) is 30.1 Å². The highest BCUT2D eigenvalue weighted by Crippen LogP contribution is 2.34. The number of piperazine rings is 1. The zero-order chi connectivity index (χ0) is 27.1. The van der Waals surface area contributed by atoms with Crippen molar-refractivity contribution in [3.8, 4) is 10.8 Å². The highest BCUT2D eigenvalue weighted by molar-refractivity contribution is 7.89. The largest absolute Gasteiger partial charge is 0.383 e. The summed E-state index contributed by atoms with van der Waals surface area (Å²) < 4.78 is 73.7. The molecule has 208 valence electrons. The number of fused-ring (bicyclic) bond motifs is 1. The second kappa shape index (κ2) is 10.7. The monoisotopic (exact) mass is 573 g/mol. The lowest BCUT2D eigenvalue weighted by molar-refractivity contribution is -0.0523. The van der Waals surface area contributed by atoms with Crippen LogP contribution in [0.4, 0.5) is 14.5 Å². The minimum atomic E-state index is -3.99. The van der Waals surface area contributed by atoms with E-state index in [-0.39, 0.29) is 41.0 Å². The Labute approximate surface area is 222 Å². The number of pyridine rings is 1. The molecule has 0 unspecified atom stereocenters. The zero-order valence-electron chi connectivity index (χ0n) is 21.1. The molecule has 2 aliphatic heterocycles. The number of halogens is 2. The Hall–Kier alpha value is -2.34. The van der Waals surface area contributed by atoms with Gasteiger partial charge in [0.15, 0.2) is 15.8 Å². The summed E-state index contributed by atoms with van der Waals surface area (Å²) >= 11 is 0.711. The summed E-state index contributed by atoms with van der Waals surface area (Å²) in [5, 5.41) is 10.7. The normalized spacial score (nSPS) is 21.8. The van der Waals surface area contributed by atoms with E-state index in [1.165, 1.54) is 6.20 Å². The van der Waals surface area contributed by atoms with E-state index in [1.54, 1.807) is 37.8 Å². The zero-order valence-corrected chi connectivity index (χ0v) is 22.7. The molecule has 16 heteroatoms. The smallest absolute Gasteiger partial charge is 0.291 e. The molecule has 2 fully saturated rings. The Morgan fingerprint density at radius 3 is 2.47 bits per heavy atom. The van der Waals surface area contributed by atoms with Gasteiger partial charge >= 0.3 is 0 Å². The maximum atomic E-state index is 13.5. The first-order valence-corrected chi connectivity index (χ1v) is 14.2. The molecule has 3 aromatic rings. The number of rotatable bonds is 10. The van der Waals surface area contributed by atoms with E-state index >= 15 is 0 Å². The average Bonchev–Trinajstić information content (AvgIpc) is 3.50. The van der Waals surface area contributed by atoms with Crippen molar-refractivity contribution < 1.29 is 31.4 Å². The lowest BCUT2D eigenvalue weighted by Gasteiger charge is -2.40. The van der Waals surface area contributed by atoms with Crippen LogP contribution in [0.15, 0.2) is 23.4 Å². The van der Waals surface area contributed by atoms with E-state index in [4.69, 9.17) is 14.2 Å². The van der Waals surface area contributed by atoms with Crippen molar-refractivity contribution in [1.29, 1.82) is 0 Å². The van der Waals surface area contributed by atoms with E-state index in [0.29, 0.717) is 48.8 Å². The second-order valence-corrected chi connectivity index (χ2v) is 12.4. The Bertz CT molecular complexity index is 1380. The lowest BCUT2D eigenvalue weighted by atomic mass is 10.0. The molecular formula is C22H29F2N7O5S2. The van der Waals surface area contributed by atoms with Crippen LogP contribution in [0.3, 0.4) is 0 Å². The number of aromatic nitrogens is 4. The molecule has 38 heavy (non-hydrogen) atoms. The number of ether oxygens (including phenoxy) is 3. The number of methoxy groups -OCH3 is 2. The fourth-order valence-electron chi connectivity index (χ4n) is 4.72. The minimum absolute atomic E-state index is 0.00362. The first kappa shape index (κ1) is 27.2. The Morgan fingerprint density at radius 2 is 1.92 bits per heavy atom. The van der Waals surface area contributed by atoms with Crippen LogP contribution in [0.2, 0.25) is 0 Å². The first-order chi connectivity index (χ1) is 18.1. The molecule has 2 aliphatic rings. The van der Waals surface area contributed by atoms with Gasteiger partial charge in [0.2, 0.25) is 10.0 Å². The summed E-state index contributed by atoms with van der Waals surface area (Å²) in [6.45, 7) is 4.22. The molecule has 2 saturated heterocycles. The molecule has 5 heterocycles. The number of nitrogens with zero attached hydrogens (tertiary/aromatic N) is 5. The van der Waals surface area contributed by atoms with Crippen molar-refractivity contribution in [2.75, 3.05) is 58.6 Å². The first-order valence-electron chi connectivity index (χ1n) is 11.9. The Kier molecular flexibility index (Phi) is 7.65. The quantitative estimate of drug-likeness (QED) is 0.366. The highest BCUT2D eigenvalue weighted by atomic mass is 32.2. The van der Waals surface area contributed by atoms with Gasteiger partial charge in [0, 0.05) is 45.6 Å². The van der Waals surface area contributed by atoms with Crippen LogP contribution in [-0.4, -0.2) is 99.4 Å². The molecule has 0 aliphatic carbocycles. The SMILES string of the molecule is COC[C@H]1CN(c2cc(S(=O)(=O)NC3(C)COC3)cn3c(-c4nnc(C(F)F)s4)ncc23)C[C@H](COC)N1. The number of hydrogen-bond donors (Lipinski definition) is 2. The Morgan fingerprint density at radius 1 is 1.24 bits per heavy atom. The van der Waals surface area contributed by atoms with Crippen LogP contribution in [0, 0.1) is 0 Å². The summed E-state index contributed by atoms with van der Waals surface area (Å²) in [6, 6.07) is 1.52. The van der Waals surface area contributed by atoms with E-state index in [9.17, 15) is 17.2 Å². The predicted molar refractivity (Wildman–Crippen MR) is 135 cm³/mol. The third-order valence-corrected chi connectivity index (χ3v) is 8.91. The van der Waals surface area contributed by atoms with E-state index in [1.807, 2.05) is 0 Å². The maximum absolute atomic E-state index is 13.5. The molecule has 3 aromatic heterocycles. The Balaban J connectivity index is 1.63. The third-order valence-electron chi connectivity index (χ3n) is 6.37. The molecule has 5 rings (SSSR count). The molecule has 12 nitrogen and oxygen atoms in total. The molecule has 0 saturated carbocycles. The number of sulfonamides is 1. The van der Waals surface area contributed by atoms with Gasteiger partial charge in [0.25, 0.3) is 6.43 Å². The van der Waals surface area contributed by atoms with Gasteiger partial charge in [-0.2, -0.15) is 0 Å². The number of hydrogen-bond acceptors (Lipinski definition) is 11. The fourth-order valence-corrected chi connectivity index (χ4v) is 6.81. The number of nitrogens with one attached hydrogen (secondary N) is 2. The van der Waals surface area contributed by atoms with Crippen molar-refractivity contribution in [3.63, 3.8) is 0 Å². The molecule has 0 spiro atoms. The topological polar surface area (TPSA) is 132 Å². The fraction of sp³-hybridized carbons (Fsp3) is 0.591. The molecule has 0 amide bonds. The number of anilines is 1. The second-order valence-electron chi connectivity index (χ2n) is 9.68. The van der Waals surface area contributed by atoms with Crippen LogP contribution in [-0.2, 0) is 24.2 Å².